The minimum atomic E-state index is -0.176. The van der Waals surface area contributed by atoms with Crippen LogP contribution in [0, 0.1) is 13.8 Å². The normalized spacial score (nSPS) is 17.4. The van der Waals surface area contributed by atoms with Crippen molar-refractivity contribution in [2.24, 2.45) is 0 Å². The number of rotatable bonds is 5. The Balaban J connectivity index is 1.20. The summed E-state index contributed by atoms with van der Waals surface area (Å²) in [5.74, 6) is 0. The van der Waals surface area contributed by atoms with Crippen molar-refractivity contribution in [2.45, 2.75) is 32.3 Å². The third-order valence-corrected chi connectivity index (χ3v) is 11.2. The molecule has 1 fully saturated rings. The second-order valence-corrected chi connectivity index (χ2v) is 14.8. The van der Waals surface area contributed by atoms with Gasteiger partial charge in [0.05, 0.1) is 18.5 Å². The molecule has 1 saturated heterocycles. The molecule has 260 valence electrons. The van der Waals surface area contributed by atoms with Crippen LogP contribution in [0.4, 0.5) is 0 Å². The molecule has 9 aromatic rings. The van der Waals surface area contributed by atoms with Crippen LogP contribution in [0.5, 0.6) is 0 Å². The van der Waals surface area contributed by atoms with Crippen molar-refractivity contribution >= 4 is 43.1 Å². The molecule has 3 nitrogen and oxygen atoms in total. The van der Waals surface area contributed by atoms with Crippen LogP contribution in [0.15, 0.2) is 176 Å². The summed E-state index contributed by atoms with van der Waals surface area (Å²) in [5, 5.41) is 22.1. The molecule has 0 bridgehead atoms. The molecule has 10 rings (SSSR count). The Hall–Kier alpha value is -6.10. The van der Waals surface area contributed by atoms with Crippen molar-refractivity contribution in [3.8, 4) is 22.3 Å². The summed E-state index contributed by atoms with van der Waals surface area (Å²) < 4.78 is 0. The molecule has 1 aliphatic heterocycles. The maximum atomic E-state index is 4.06. The summed E-state index contributed by atoms with van der Waals surface area (Å²) in [4.78, 5) is 0. The Labute approximate surface area is 316 Å². The number of aryl methyl sites for hydroxylation is 2. The van der Waals surface area contributed by atoms with E-state index >= 15 is 0 Å². The van der Waals surface area contributed by atoms with Crippen LogP contribution in [0.2, 0.25) is 0 Å². The van der Waals surface area contributed by atoms with Gasteiger partial charge in [-0.25, -0.2) is 0 Å². The summed E-state index contributed by atoms with van der Waals surface area (Å²) >= 11 is 0. The molecule has 54 heavy (non-hydrogen) atoms. The van der Waals surface area contributed by atoms with E-state index in [1.54, 1.807) is 0 Å². The molecule has 1 heterocycles. The van der Waals surface area contributed by atoms with Crippen LogP contribution in [-0.4, -0.2) is 0 Å². The molecule has 0 saturated carbocycles. The van der Waals surface area contributed by atoms with Crippen LogP contribution in [-0.2, 0) is 0 Å². The summed E-state index contributed by atoms with van der Waals surface area (Å²) in [6.45, 7) is 4.41. The summed E-state index contributed by atoms with van der Waals surface area (Å²) in [7, 11) is 0. The lowest BCUT2D eigenvalue weighted by atomic mass is 9.89. The predicted molar refractivity (Wildman–Crippen MR) is 227 cm³/mol. The van der Waals surface area contributed by atoms with Gasteiger partial charge in [0.2, 0.25) is 0 Å². The summed E-state index contributed by atoms with van der Waals surface area (Å²) in [6, 6.07) is 64.7. The van der Waals surface area contributed by atoms with Gasteiger partial charge in [0.1, 0.15) is 0 Å². The summed E-state index contributed by atoms with van der Waals surface area (Å²) in [6.07, 6.45) is -0.430. The van der Waals surface area contributed by atoms with Crippen LogP contribution in [0.3, 0.4) is 0 Å². The highest BCUT2D eigenvalue weighted by Crippen LogP contribution is 2.40. The van der Waals surface area contributed by atoms with E-state index in [0.717, 1.165) is 0 Å². The van der Waals surface area contributed by atoms with E-state index in [9.17, 15) is 0 Å². The molecule has 0 aliphatic carbocycles. The Morgan fingerprint density at radius 2 is 0.722 bits per heavy atom. The smallest absolute Gasteiger partial charge is 0.0870 e. The van der Waals surface area contributed by atoms with E-state index in [2.05, 4.69) is 206 Å². The highest BCUT2D eigenvalue weighted by Gasteiger charge is 2.32. The molecule has 3 N–H and O–H groups in total. The zero-order valence-electron chi connectivity index (χ0n) is 30.5. The number of hydrogen-bond acceptors (Lipinski definition) is 3. The Morgan fingerprint density at radius 1 is 0.333 bits per heavy atom. The average Bonchev–Trinajstić information content (AvgIpc) is 3.22. The van der Waals surface area contributed by atoms with Gasteiger partial charge in [0, 0.05) is 0 Å². The van der Waals surface area contributed by atoms with Gasteiger partial charge in [-0.2, -0.15) is 0 Å². The fraction of sp³-hybridized carbons (Fsp3) is 0.0980. The molecular formula is C51H41N3. The van der Waals surface area contributed by atoms with E-state index < -0.39 is 0 Å². The Bertz CT molecular complexity index is 2670. The van der Waals surface area contributed by atoms with Gasteiger partial charge < -0.3 is 0 Å². The molecule has 0 spiro atoms. The Kier molecular flexibility index (Phi) is 8.07. The number of benzene rings is 9. The quantitative estimate of drug-likeness (QED) is 0.168. The van der Waals surface area contributed by atoms with Gasteiger partial charge in [-0.3, -0.25) is 16.0 Å². The van der Waals surface area contributed by atoms with E-state index in [0.29, 0.717) is 0 Å². The fourth-order valence-corrected chi connectivity index (χ4v) is 8.73. The second kappa shape index (κ2) is 13.4. The number of hydrogen-bond donors (Lipinski definition) is 3. The molecule has 0 aromatic heterocycles. The lowest BCUT2D eigenvalue weighted by Crippen LogP contribution is -2.54. The van der Waals surface area contributed by atoms with Crippen molar-refractivity contribution in [1.29, 1.82) is 0 Å². The first-order valence-electron chi connectivity index (χ1n) is 18.9. The second-order valence-electron chi connectivity index (χ2n) is 14.8. The Morgan fingerprint density at radius 3 is 1.20 bits per heavy atom. The van der Waals surface area contributed by atoms with Crippen LogP contribution >= 0.6 is 0 Å². The first kappa shape index (κ1) is 32.5. The number of fused-ring (bicyclic) bond motifs is 4. The maximum absolute atomic E-state index is 4.06. The van der Waals surface area contributed by atoms with Crippen molar-refractivity contribution in [2.75, 3.05) is 0 Å². The van der Waals surface area contributed by atoms with Crippen molar-refractivity contribution < 1.29 is 0 Å². The van der Waals surface area contributed by atoms with Crippen molar-refractivity contribution in [1.82, 2.24) is 16.0 Å². The SMILES string of the molecule is Cc1cc(-c2cc(-c3cc(C)cc4ccccc34)cc(C3NC(c4cccc5ccccc45)NC(c4cccc5ccccc45)N3)c2)c2ccccc2c1. The third-order valence-electron chi connectivity index (χ3n) is 11.2. The molecule has 2 atom stereocenters. The predicted octanol–water partition coefficient (Wildman–Crippen LogP) is 12.4. The van der Waals surface area contributed by atoms with Crippen molar-refractivity contribution in [3.63, 3.8) is 0 Å². The molecule has 2 unspecified atom stereocenters. The maximum Gasteiger partial charge on any atom is 0.0870 e. The highest BCUT2D eigenvalue weighted by molar-refractivity contribution is 6.01. The average molecular weight is 696 g/mol. The summed E-state index contributed by atoms with van der Waals surface area (Å²) in [5.41, 5.74) is 11.1. The monoisotopic (exact) mass is 695 g/mol. The molecule has 0 amide bonds. The van der Waals surface area contributed by atoms with Crippen LogP contribution in [0.25, 0.3) is 65.3 Å². The molecular weight excluding hydrogens is 655 g/mol. The molecule has 9 aromatic carbocycles. The van der Waals surface area contributed by atoms with Gasteiger partial charge in [-0.1, -0.05) is 158 Å². The van der Waals surface area contributed by atoms with Crippen LogP contribution in [0.1, 0.15) is 46.3 Å². The largest absolute Gasteiger partial charge is 0.279 e. The zero-order valence-corrected chi connectivity index (χ0v) is 30.5. The molecule has 0 radical (unpaired) electrons. The lowest BCUT2D eigenvalue weighted by molar-refractivity contribution is 0.205. The molecule has 3 heteroatoms. The lowest BCUT2D eigenvalue weighted by Gasteiger charge is -2.40. The van der Waals surface area contributed by atoms with E-state index in [4.69, 9.17) is 0 Å². The number of nitrogens with one attached hydrogen (secondary N) is 3. The van der Waals surface area contributed by atoms with E-state index in [-0.39, 0.29) is 18.5 Å². The van der Waals surface area contributed by atoms with Gasteiger partial charge in [-0.05, 0) is 125 Å². The minimum Gasteiger partial charge on any atom is -0.279 e. The third kappa shape index (κ3) is 5.84. The van der Waals surface area contributed by atoms with Gasteiger partial charge >= 0.3 is 0 Å². The standard InChI is InChI=1S/C51H41N3/c1-32-25-36-15-5-9-21-43(36)47(27-32)38-29-39(48-28-33(2)26-37-16-6-10-22-44(37)48)31-40(30-38)49-52-50(45-23-11-17-34-13-3-7-19-41(34)45)54-51(53-49)46-24-12-18-35-14-4-8-20-42(35)46/h3-31,49-54H,1-2H3. The van der Waals surface area contributed by atoms with Gasteiger partial charge in [-0.15, -0.1) is 0 Å². The van der Waals surface area contributed by atoms with E-state index in [1.165, 1.54) is 93.2 Å². The minimum absolute atomic E-state index is 0.127. The highest BCUT2D eigenvalue weighted by atomic mass is 15.4. The molecule has 1 aliphatic rings. The zero-order chi connectivity index (χ0) is 36.2. The fourth-order valence-electron chi connectivity index (χ4n) is 8.73. The first-order chi connectivity index (χ1) is 26.6. The first-order valence-corrected chi connectivity index (χ1v) is 18.9. The van der Waals surface area contributed by atoms with E-state index in [1.807, 2.05) is 0 Å². The van der Waals surface area contributed by atoms with Gasteiger partial charge in [0.15, 0.2) is 0 Å². The van der Waals surface area contributed by atoms with Gasteiger partial charge in [0.25, 0.3) is 0 Å². The van der Waals surface area contributed by atoms with Crippen molar-refractivity contribution in [3.05, 3.63) is 204 Å². The van der Waals surface area contributed by atoms with Crippen LogP contribution < -0.4 is 16.0 Å². The topological polar surface area (TPSA) is 36.1 Å².